The van der Waals surface area contributed by atoms with E-state index in [-0.39, 0.29) is 0 Å². The van der Waals surface area contributed by atoms with Gasteiger partial charge in [-0.1, -0.05) is 13.8 Å². The molecule has 0 atom stereocenters. The van der Waals surface area contributed by atoms with Crippen molar-refractivity contribution in [3.63, 3.8) is 0 Å². The van der Waals surface area contributed by atoms with Crippen molar-refractivity contribution in [1.29, 1.82) is 0 Å². The van der Waals surface area contributed by atoms with Crippen LogP contribution in [0.5, 0.6) is 0 Å². The van der Waals surface area contributed by atoms with Crippen LogP contribution < -0.4 is 0 Å². The molecule has 1 aliphatic rings. The molecule has 0 unspecified atom stereocenters. The Hall–Kier alpha value is -1.42. The molecular weight excluding hydrogens is 284 g/mol. The lowest BCUT2D eigenvalue weighted by Gasteiger charge is -2.34. The zero-order chi connectivity index (χ0) is 16.4. The van der Waals surface area contributed by atoms with Gasteiger partial charge in [-0.3, -0.25) is 0 Å². The number of pyridine rings is 1. The van der Waals surface area contributed by atoms with E-state index in [1.54, 1.807) is 0 Å². The Bertz CT molecular complexity index is 636. The number of fused-ring (bicyclic) bond motifs is 1. The molecule has 3 heterocycles. The van der Waals surface area contributed by atoms with Gasteiger partial charge >= 0.3 is 0 Å². The number of imidazole rings is 1. The first-order chi connectivity index (χ1) is 11.0. The number of likely N-dealkylation sites (tertiary alicyclic amines) is 1. The first kappa shape index (κ1) is 16.4. The van der Waals surface area contributed by atoms with Crippen LogP contribution in [0.1, 0.15) is 46.4 Å². The van der Waals surface area contributed by atoms with Crippen LogP contribution in [0.15, 0.2) is 18.3 Å². The highest BCUT2D eigenvalue weighted by Gasteiger charge is 2.23. The van der Waals surface area contributed by atoms with Crippen LogP contribution >= 0.6 is 0 Å². The molecule has 0 saturated carbocycles. The van der Waals surface area contributed by atoms with Gasteiger partial charge in [-0.25, -0.2) is 9.97 Å². The molecule has 2 aromatic heterocycles. The van der Waals surface area contributed by atoms with Gasteiger partial charge in [0.25, 0.3) is 0 Å². The van der Waals surface area contributed by atoms with Gasteiger partial charge in [-0.2, -0.15) is 0 Å². The van der Waals surface area contributed by atoms with Crippen LogP contribution in [0.2, 0.25) is 0 Å². The summed E-state index contributed by atoms with van der Waals surface area (Å²) in [5.74, 6) is 2.57. The lowest BCUT2D eigenvalue weighted by Crippen LogP contribution is -2.39. The third-order valence-corrected chi connectivity index (χ3v) is 4.99. The maximum absolute atomic E-state index is 4.85. The van der Waals surface area contributed by atoms with Gasteiger partial charge in [0.05, 0.1) is 0 Å². The maximum atomic E-state index is 4.85. The molecule has 1 aliphatic heterocycles. The number of rotatable bonds is 5. The fourth-order valence-corrected chi connectivity index (χ4v) is 3.63. The molecule has 1 saturated heterocycles. The first-order valence-electron chi connectivity index (χ1n) is 9.08. The molecule has 0 bridgehead atoms. The van der Waals surface area contributed by atoms with E-state index in [0.29, 0.717) is 12.0 Å². The molecule has 0 aromatic carbocycles. The van der Waals surface area contributed by atoms with Gasteiger partial charge in [-0.05, 0) is 63.7 Å². The van der Waals surface area contributed by atoms with Crippen molar-refractivity contribution < 1.29 is 0 Å². The highest BCUT2D eigenvalue weighted by Crippen LogP contribution is 2.24. The highest BCUT2D eigenvalue weighted by atomic mass is 15.2. The van der Waals surface area contributed by atoms with E-state index in [9.17, 15) is 0 Å². The van der Waals surface area contributed by atoms with Crippen molar-refractivity contribution in [3.05, 3.63) is 24.2 Å². The molecule has 23 heavy (non-hydrogen) atoms. The van der Waals surface area contributed by atoms with Crippen molar-refractivity contribution in [2.24, 2.45) is 11.8 Å². The Morgan fingerprint density at radius 2 is 1.91 bits per heavy atom. The molecule has 1 fully saturated rings. The van der Waals surface area contributed by atoms with Crippen molar-refractivity contribution >= 4 is 11.2 Å². The molecule has 4 nitrogen and oxygen atoms in total. The van der Waals surface area contributed by atoms with Crippen LogP contribution in [-0.4, -0.2) is 38.6 Å². The average Bonchev–Trinajstić information content (AvgIpc) is 2.85. The Morgan fingerprint density at radius 3 is 2.57 bits per heavy atom. The van der Waals surface area contributed by atoms with Crippen molar-refractivity contribution in [1.82, 2.24) is 19.4 Å². The molecule has 0 radical (unpaired) electrons. The predicted molar refractivity (Wildman–Crippen MR) is 95.5 cm³/mol. The van der Waals surface area contributed by atoms with Crippen molar-refractivity contribution in [2.45, 2.75) is 59.5 Å². The molecule has 0 amide bonds. The fourth-order valence-electron chi connectivity index (χ4n) is 3.63. The second kappa shape index (κ2) is 7.00. The molecule has 4 heteroatoms. The lowest BCUT2D eigenvalue weighted by atomic mass is 9.95. The zero-order valence-electron chi connectivity index (χ0n) is 15.0. The molecule has 0 spiro atoms. The van der Waals surface area contributed by atoms with Gasteiger partial charge in [0.1, 0.15) is 11.3 Å². The lowest BCUT2D eigenvalue weighted by molar-refractivity contribution is 0.141. The first-order valence-corrected chi connectivity index (χ1v) is 9.08. The minimum Gasteiger partial charge on any atom is -0.312 e. The maximum Gasteiger partial charge on any atom is 0.159 e. The normalized spacial score (nSPS) is 17.7. The summed E-state index contributed by atoms with van der Waals surface area (Å²) in [4.78, 5) is 12.1. The summed E-state index contributed by atoms with van der Waals surface area (Å²) in [6.45, 7) is 12.6. The zero-order valence-corrected chi connectivity index (χ0v) is 15.0. The van der Waals surface area contributed by atoms with Crippen LogP contribution in [0, 0.1) is 11.8 Å². The predicted octanol–water partition coefficient (Wildman–Crippen LogP) is 3.75. The van der Waals surface area contributed by atoms with E-state index in [0.717, 1.165) is 30.0 Å². The molecule has 0 N–H and O–H groups in total. The second-order valence-electron chi connectivity index (χ2n) is 7.66. The largest absolute Gasteiger partial charge is 0.312 e. The number of hydrogen-bond donors (Lipinski definition) is 0. The number of aromatic nitrogens is 3. The summed E-state index contributed by atoms with van der Waals surface area (Å²) in [6.07, 6.45) is 5.49. The number of hydrogen-bond acceptors (Lipinski definition) is 3. The minimum absolute atomic E-state index is 0.619. The standard InChI is InChI=1S/C19H30N4/c1-14(2)12-18-21-17-6-5-9-20-19(17)23(18)13-16-7-10-22(11-8-16)15(3)4/h5-6,9,14-16H,7-8,10-13H2,1-4H3. The van der Waals surface area contributed by atoms with Crippen LogP contribution in [0.3, 0.4) is 0 Å². The van der Waals surface area contributed by atoms with Crippen molar-refractivity contribution in [3.8, 4) is 0 Å². The highest BCUT2D eigenvalue weighted by molar-refractivity contribution is 5.71. The van der Waals surface area contributed by atoms with Gasteiger partial charge in [0, 0.05) is 25.2 Å². The van der Waals surface area contributed by atoms with Gasteiger partial charge in [-0.15, -0.1) is 0 Å². The molecule has 0 aliphatic carbocycles. The minimum atomic E-state index is 0.619. The third-order valence-electron chi connectivity index (χ3n) is 4.99. The van der Waals surface area contributed by atoms with Gasteiger partial charge < -0.3 is 9.47 Å². The van der Waals surface area contributed by atoms with E-state index in [4.69, 9.17) is 4.98 Å². The topological polar surface area (TPSA) is 34.0 Å². The van der Waals surface area contributed by atoms with E-state index in [1.807, 2.05) is 12.3 Å². The van der Waals surface area contributed by atoms with E-state index in [1.165, 1.54) is 31.8 Å². The summed E-state index contributed by atoms with van der Waals surface area (Å²) in [7, 11) is 0. The van der Waals surface area contributed by atoms with Gasteiger partial charge in [0.15, 0.2) is 5.65 Å². The summed E-state index contributed by atoms with van der Waals surface area (Å²) in [6, 6.07) is 4.74. The van der Waals surface area contributed by atoms with E-state index >= 15 is 0 Å². The van der Waals surface area contributed by atoms with Crippen LogP contribution in [0.25, 0.3) is 11.2 Å². The van der Waals surface area contributed by atoms with Crippen molar-refractivity contribution in [2.75, 3.05) is 13.1 Å². The van der Waals surface area contributed by atoms with Crippen LogP contribution in [-0.2, 0) is 13.0 Å². The average molecular weight is 314 g/mol. The monoisotopic (exact) mass is 314 g/mol. The third kappa shape index (κ3) is 3.74. The summed E-state index contributed by atoms with van der Waals surface area (Å²) < 4.78 is 2.39. The second-order valence-corrected chi connectivity index (χ2v) is 7.66. The summed E-state index contributed by atoms with van der Waals surface area (Å²) in [5.41, 5.74) is 2.11. The summed E-state index contributed by atoms with van der Waals surface area (Å²) in [5, 5.41) is 0. The van der Waals surface area contributed by atoms with E-state index in [2.05, 4.69) is 48.2 Å². The Morgan fingerprint density at radius 1 is 1.17 bits per heavy atom. The molecule has 2 aromatic rings. The fraction of sp³-hybridized carbons (Fsp3) is 0.684. The number of nitrogens with zero attached hydrogens (tertiary/aromatic N) is 4. The van der Waals surface area contributed by atoms with Crippen LogP contribution in [0.4, 0.5) is 0 Å². The molecule has 126 valence electrons. The number of piperidine rings is 1. The quantitative estimate of drug-likeness (QED) is 0.843. The SMILES string of the molecule is CC(C)Cc1nc2cccnc2n1CC1CCN(C(C)C)CC1. The van der Waals surface area contributed by atoms with Gasteiger partial charge in [0.2, 0.25) is 0 Å². The Labute approximate surface area is 139 Å². The Kier molecular flexibility index (Phi) is 5.00. The Balaban J connectivity index is 1.79. The van der Waals surface area contributed by atoms with E-state index < -0.39 is 0 Å². The smallest absolute Gasteiger partial charge is 0.159 e. The molecular formula is C19H30N4. The molecule has 3 rings (SSSR count). The summed E-state index contributed by atoms with van der Waals surface area (Å²) >= 11 is 0.